The van der Waals surface area contributed by atoms with Crippen LogP contribution in [0.2, 0.25) is 0 Å². The molecular weight excluding hydrogens is 302 g/mol. The van der Waals surface area contributed by atoms with E-state index < -0.39 is 6.09 Å². The standard InChI is InChI=1S/C20H23NO3/c1-15-7-9-17(10-8-15)19(16-5-3-2-4-6-16)24-18-11-13-21(14-12-18)20(22)23/h2-10,18-19H,11-14H2,1H3,(H,22,23). The summed E-state index contributed by atoms with van der Waals surface area (Å²) < 4.78 is 6.41. The second kappa shape index (κ2) is 7.49. The van der Waals surface area contributed by atoms with Crippen molar-refractivity contribution in [2.45, 2.75) is 32.0 Å². The lowest BCUT2D eigenvalue weighted by Crippen LogP contribution is -2.40. The molecule has 24 heavy (non-hydrogen) atoms. The number of aryl methyl sites for hydroxylation is 1. The van der Waals surface area contributed by atoms with Crippen LogP contribution >= 0.6 is 0 Å². The second-order valence-corrected chi connectivity index (χ2v) is 6.31. The number of ether oxygens (including phenoxy) is 1. The highest BCUT2D eigenvalue weighted by Crippen LogP contribution is 2.30. The molecule has 1 saturated heterocycles. The van der Waals surface area contributed by atoms with Crippen LogP contribution in [0.5, 0.6) is 0 Å². The maximum Gasteiger partial charge on any atom is 0.407 e. The third-order valence-corrected chi connectivity index (χ3v) is 4.52. The zero-order valence-electron chi connectivity index (χ0n) is 13.9. The fourth-order valence-corrected chi connectivity index (χ4v) is 3.09. The lowest BCUT2D eigenvalue weighted by molar-refractivity contribution is -0.0240. The Kier molecular flexibility index (Phi) is 5.16. The molecule has 1 fully saturated rings. The number of nitrogens with zero attached hydrogens (tertiary/aromatic N) is 1. The molecule has 4 heteroatoms. The highest BCUT2D eigenvalue weighted by molar-refractivity contribution is 5.65. The van der Waals surface area contributed by atoms with Gasteiger partial charge in [0.15, 0.2) is 0 Å². The van der Waals surface area contributed by atoms with E-state index in [1.807, 2.05) is 18.2 Å². The number of carbonyl (C=O) groups is 1. The van der Waals surface area contributed by atoms with Crippen LogP contribution in [0.25, 0.3) is 0 Å². The molecule has 1 aliphatic rings. The summed E-state index contributed by atoms with van der Waals surface area (Å²) >= 11 is 0. The number of carboxylic acid groups (broad SMARTS) is 1. The van der Waals surface area contributed by atoms with E-state index in [-0.39, 0.29) is 12.2 Å². The average Bonchev–Trinajstić information content (AvgIpc) is 2.62. The molecule has 0 aromatic heterocycles. The Labute approximate surface area is 142 Å². The summed E-state index contributed by atoms with van der Waals surface area (Å²) in [6, 6.07) is 18.6. The normalized spacial score (nSPS) is 16.8. The molecule has 1 heterocycles. The third-order valence-electron chi connectivity index (χ3n) is 4.52. The van der Waals surface area contributed by atoms with E-state index in [4.69, 9.17) is 9.84 Å². The topological polar surface area (TPSA) is 49.8 Å². The van der Waals surface area contributed by atoms with E-state index in [0.717, 1.165) is 24.0 Å². The van der Waals surface area contributed by atoms with Gasteiger partial charge in [0.2, 0.25) is 0 Å². The van der Waals surface area contributed by atoms with Crippen molar-refractivity contribution in [1.29, 1.82) is 0 Å². The minimum Gasteiger partial charge on any atom is -0.465 e. The predicted octanol–water partition coefficient (Wildman–Crippen LogP) is 4.24. The van der Waals surface area contributed by atoms with Crippen molar-refractivity contribution in [1.82, 2.24) is 4.90 Å². The quantitative estimate of drug-likeness (QED) is 0.914. The van der Waals surface area contributed by atoms with Crippen LogP contribution in [0, 0.1) is 6.92 Å². The van der Waals surface area contributed by atoms with Gasteiger partial charge in [-0.25, -0.2) is 4.79 Å². The molecule has 4 nitrogen and oxygen atoms in total. The fraction of sp³-hybridized carbons (Fsp3) is 0.350. The van der Waals surface area contributed by atoms with Gasteiger partial charge in [-0.3, -0.25) is 0 Å². The first-order valence-electron chi connectivity index (χ1n) is 8.38. The third kappa shape index (κ3) is 3.95. The second-order valence-electron chi connectivity index (χ2n) is 6.31. The number of rotatable bonds is 4. The zero-order valence-corrected chi connectivity index (χ0v) is 13.9. The van der Waals surface area contributed by atoms with Crippen LogP contribution < -0.4 is 0 Å². The molecule has 1 unspecified atom stereocenters. The van der Waals surface area contributed by atoms with Gasteiger partial charge in [0.25, 0.3) is 0 Å². The number of amides is 1. The molecular formula is C20H23NO3. The van der Waals surface area contributed by atoms with E-state index in [0.29, 0.717) is 13.1 Å². The molecule has 126 valence electrons. The molecule has 0 saturated carbocycles. The summed E-state index contributed by atoms with van der Waals surface area (Å²) in [6.45, 7) is 3.15. The summed E-state index contributed by atoms with van der Waals surface area (Å²) in [6.07, 6.45) is 0.593. The van der Waals surface area contributed by atoms with Crippen molar-refractivity contribution in [3.05, 3.63) is 71.3 Å². The molecule has 2 aromatic rings. The molecule has 2 aromatic carbocycles. The highest BCUT2D eigenvalue weighted by atomic mass is 16.5. The summed E-state index contributed by atoms with van der Waals surface area (Å²) in [5.41, 5.74) is 3.48. The van der Waals surface area contributed by atoms with Gasteiger partial charge in [-0.05, 0) is 30.9 Å². The molecule has 1 amide bonds. The number of likely N-dealkylation sites (tertiary alicyclic amines) is 1. The van der Waals surface area contributed by atoms with Crippen LogP contribution in [0.4, 0.5) is 4.79 Å². The molecule has 0 aliphatic carbocycles. The van der Waals surface area contributed by atoms with Crippen molar-refractivity contribution in [2.75, 3.05) is 13.1 Å². The van der Waals surface area contributed by atoms with E-state index in [2.05, 4.69) is 43.3 Å². The van der Waals surface area contributed by atoms with Crippen LogP contribution in [0.1, 0.15) is 35.6 Å². The predicted molar refractivity (Wildman–Crippen MR) is 93.2 cm³/mol. The van der Waals surface area contributed by atoms with Gasteiger partial charge >= 0.3 is 6.09 Å². The fourth-order valence-electron chi connectivity index (χ4n) is 3.09. The highest BCUT2D eigenvalue weighted by Gasteiger charge is 2.26. The monoisotopic (exact) mass is 325 g/mol. The minimum atomic E-state index is -0.841. The molecule has 1 N–H and O–H groups in total. The van der Waals surface area contributed by atoms with Gasteiger partial charge in [-0.2, -0.15) is 0 Å². The molecule has 1 aliphatic heterocycles. The molecule has 0 bridgehead atoms. The smallest absolute Gasteiger partial charge is 0.407 e. The van der Waals surface area contributed by atoms with Gasteiger partial charge < -0.3 is 14.7 Å². The number of benzene rings is 2. The molecule has 0 radical (unpaired) electrons. The summed E-state index contributed by atoms with van der Waals surface area (Å²) in [4.78, 5) is 12.5. The number of piperidine rings is 1. The van der Waals surface area contributed by atoms with E-state index in [1.54, 1.807) is 0 Å². The Balaban J connectivity index is 1.76. The van der Waals surface area contributed by atoms with Gasteiger partial charge in [0, 0.05) is 13.1 Å². The maximum absolute atomic E-state index is 11.0. The summed E-state index contributed by atoms with van der Waals surface area (Å²) in [7, 11) is 0. The number of hydrogen-bond acceptors (Lipinski definition) is 2. The average molecular weight is 325 g/mol. The van der Waals surface area contributed by atoms with Gasteiger partial charge in [0.05, 0.1) is 6.10 Å². The SMILES string of the molecule is Cc1ccc(C(OC2CCN(C(=O)O)CC2)c2ccccc2)cc1. The number of hydrogen-bond donors (Lipinski definition) is 1. The first-order valence-corrected chi connectivity index (χ1v) is 8.38. The van der Waals surface area contributed by atoms with Gasteiger partial charge in [0.1, 0.15) is 6.10 Å². The lowest BCUT2D eigenvalue weighted by atomic mass is 9.99. The van der Waals surface area contributed by atoms with Crippen molar-refractivity contribution < 1.29 is 14.6 Å². The maximum atomic E-state index is 11.0. The zero-order chi connectivity index (χ0) is 16.9. The van der Waals surface area contributed by atoms with Gasteiger partial charge in [-0.15, -0.1) is 0 Å². The first-order chi connectivity index (χ1) is 11.6. The Morgan fingerprint density at radius 2 is 1.62 bits per heavy atom. The van der Waals surface area contributed by atoms with E-state index in [1.165, 1.54) is 10.5 Å². The summed E-state index contributed by atoms with van der Waals surface area (Å²) in [5, 5.41) is 9.07. The molecule has 0 spiro atoms. The largest absolute Gasteiger partial charge is 0.465 e. The van der Waals surface area contributed by atoms with Crippen molar-refractivity contribution in [3.8, 4) is 0 Å². The molecule has 3 rings (SSSR count). The van der Waals surface area contributed by atoms with Crippen LogP contribution in [-0.4, -0.2) is 35.3 Å². The Hall–Kier alpha value is -2.33. The minimum absolute atomic E-state index is 0.0760. The van der Waals surface area contributed by atoms with E-state index >= 15 is 0 Å². The van der Waals surface area contributed by atoms with E-state index in [9.17, 15) is 4.79 Å². The van der Waals surface area contributed by atoms with Crippen LogP contribution in [-0.2, 0) is 4.74 Å². The summed E-state index contributed by atoms with van der Waals surface area (Å²) in [5.74, 6) is 0. The van der Waals surface area contributed by atoms with Crippen LogP contribution in [0.3, 0.4) is 0 Å². The van der Waals surface area contributed by atoms with Crippen molar-refractivity contribution in [2.24, 2.45) is 0 Å². The Bertz CT molecular complexity index is 661. The van der Waals surface area contributed by atoms with Gasteiger partial charge in [-0.1, -0.05) is 60.2 Å². The lowest BCUT2D eigenvalue weighted by Gasteiger charge is -2.32. The first kappa shape index (κ1) is 16.5. The Morgan fingerprint density at radius 1 is 1.04 bits per heavy atom. The van der Waals surface area contributed by atoms with Crippen molar-refractivity contribution >= 4 is 6.09 Å². The Morgan fingerprint density at radius 3 is 2.21 bits per heavy atom. The molecule has 1 atom stereocenters. The van der Waals surface area contributed by atoms with Crippen LogP contribution in [0.15, 0.2) is 54.6 Å². The van der Waals surface area contributed by atoms with Crippen molar-refractivity contribution in [3.63, 3.8) is 0 Å².